The molecular weight excluding hydrogens is 261 g/mol. The third-order valence-electron chi connectivity index (χ3n) is 2.28. The Hall–Kier alpha value is -1.27. The number of nitrogens with zero attached hydrogens (tertiary/aromatic N) is 1. The van der Waals surface area contributed by atoms with E-state index in [0.717, 1.165) is 4.90 Å². The van der Waals surface area contributed by atoms with Crippen molar-refractivity contribution >= 4 is 11.8 Å². The smallest absolute Gasteiger partial charge is 0.347 e. The highest BCUT2D eigenvalue weighted by molar-refractivity contribution is 5.84. The Kier molecular flexibility index (Phi) is 6.32. The molecule has 19 heavy (non-hydrogen) atoms. The van der Waals surface area contributed by atoms with Crippen LogP contribution in [-0.4, -0.2) is 43.0 Å². The minimum atomic E-state index is -4.29. The first kappa shape index (κ1) is 17.7. The molecule has 1 N–H and O–H groups in total. The lowest BCUT2D eigenvalue weighted by molar-refractivity contribution is -0.144. The van der Waals surface area contributed by atoms with Crippen molar-refractivity contribution in [1.82, 2.24) is 10.2 Å². The van der Waals surface area contributed by atoms with Gasteiger partial charge in [-0.05, 0) is 5.41 Å². The van der Waals surface area contributed by atoms with Crippen LogP contribution in [0.3, 0.4) is 0 Å². The topological polar surface area (TPSA) is 49.4 Å². The molecule has 0 fully saturated rings. The molecule has 0 atom stereocenters. The molecule has 0 aliphatic carbocycles. The lowest BCUT2D eigenvalue weighted by Crippen LogP contribution is -2.40. The summed E-state index contributed by atoms with van der Waals surface area (Å²) >= 11 is 0. The third-order valence-corrected chi connectivity index (χ3v) is 2.28. The number of hydrogen-bond donors (Lipinski definition) is 1. The maximum Gasteiger partial charge on any atom is 0.390 e. The second-order valence-corrected chi connectivity index (χ2v) is 5.69. The number of carbonyl (C=O) groups is 2. The number of halogens is 3. The summed E-state index contributed by atoms with van der Waals surface area (Å²) in [4.78, 5) is 23.9. The van der Waals surface area contributed by atoms with Crippen molar-refractivity contribution in [2.75, 3.05) is 20.1 Å². The summed E-state index contributed by atoms with van der Waals surface area (Å²) in [5, 5.41) is 2.41. The quantitative estimate of drug-likeness (QED) is 0.838. The Morgan fingerprint density at radius 2 is 1.68 bits per heavy atom. The van der Waals surface area contributed by atoms with Gasteiger partial charge in [-0.1, -0.05) is 20.8 Å². The van der Waals surface area contributed by atoms with Crippen molar-refractivity contribution in [3.63, 3.8) is 0 Å². The average Bonchev–Trinajstić information content (AvgIpc) is 2.19. The molecule has 0 radical (unpaired) electrons. The van der Waals surface area contributed by atoms with Crippen molar-refractivity contribution in [3.8, 4) is 0 Å². The predicted molar refractivity (Wildman–Crippen MR) is 65.4 cm³/mol. The van der Waals surface area contributed by atoms with Crippen LogP contribution in [0.2, 0.25) is 0 Å². The first-order valence-corrected chi connectivity index (χ1v) is 5.98. The highest BCUT2D eigenvalue weighted by atomic mass is 19.4. The first-order chi connectivity index (χ1) is 8.41. The number of nitrogens with one attached hydrogen (secondary N) is 1. The molecule has 7 heteroatoms. The van der Waals surface area contributed by atoms with Crippen LogP contribution >= 0.6 is 0 Å². The number of amides is 2. The molecular formula is C12H21F3N2O2. The largest absolute Gasteiger partial charge is 0.390 e. The summed E-state index contributed by atoms with van der Waals surface area (Å²) in [7, 11) is 1.28. The standard InChI is InChI=1S/C12H21F3N2O2/c1-11(2,3)7-9(18)16-8-10(19)17(4)6-5-12(13,14)15/h5-8H2,1-4H3,(H,16,18). The molecule has 4 nitrogen and oxygen atoms in total. The number of alkyl halides is 3. The second-order valence-electron chi connectivity index (χ2n) is 5.69. The Bertz CT molecular complexity index is 322. The molecule has 0 aromatic rings. The van der Waals surface area contributed by atoms with Gasteiger partial charge >= 0.3 is 6.18 Å². The van der Waals surface area contributed by atoms with E-state index in [-0.39, 0.29) is 24.3 Å². The van der Waals surface area contributed by atoms with Gasteiger partial charge in [0.2, 0.25) is 11.8 Å². The lowest BCUT2D eigenvalue weighted by Gasteiger charge is -2.20. The fraction of sp³-hybridized carbons (Fsp3) is 0.833. The monoisotopic (exact) mass is 282 g/mol. The van der Waals surface area contributed by atoms with E-state index in [1.54, 1.807) is 0 Å². The molecule has 0 aromatic carbocycles. The van der Waals surface area contributed by atoms with Gasteiger partial charge in [-0.2, -0.15) is 13.2 Å². The molecule has 0 saturated carbocycles. The minimum Gasteiger partial charge on any atom is -0.347 e. The normalized spacial score (nSPS) is 12.2. The van der Waals surface area contributed by atoms with E-state index < -0.39 is 25.0 Å². The second kappa shape index (κ2) is 6.77. The van der Waals surface area contributed by atoms with Crippen molar-refractivity contribution in [1.29, 1.82) is 0 Å². The lowest BCUT2D eigenvalue weighted by atomic mass is 9.92. The van der Waals surface area contributed by atoms with Gasteiger partial charge < -0.3 is 10.2 Å². The van der Waals surface area contributed by atoms with Gasteiger partial charge in [0.15, 0.2) is 0 Å². The summed E-state index contributed by atoms with van der Waals surface area (Å²) in [5.41, 5.74) is -0.199. The zero-order valence-corrected chi connectivity index (χ0v) is 11.7. The van der Waals surface area contributed by atoms with E-state index in [9.17, 15) is 22.8 Å². The molecule has 112 valence electrons. The molecule has 0 aliphatic rings. The molecule has 0 heterocycles. The summed E-state index contributed by atoms with van der Waals surface area (Å²) in [5.74, 6) is -0.823. The zero-order valence-electron chi connectivity index (χ0n) is 11.7. The van der Waals surface area contributed by atoms with Crippen LogP contribution in [0.1, 0.15) is 33.6 Å². The minimum absolute atomic E-state index is 0.199. The summed E-state index contributed by atoms with van der Waals surface area (Å²) in [6, 6.07) is 0. The molecule has 0 rings (SSSR count). The van der Waals surface area contributed by atoms with Crippen LogP contribution in [0.25, 0.3) is 0 Å². The van der Waals surface area contributed by atoms with Gasteiger partial charge in [-0.15, -0.1) is 0 Å². The fourth-order valence-electron chi connectivity index (χ4n) is 1.27. The van der Waals surface area contributed by atoms with Crippen LogP contribution in [0.5, 0.6) is 0 Å². The van der Waals surface area contributed by atoms with Crippen molar-refractivity contribution in [2.24, 2.45) is 5.41 Å². The highest BCUT2D eigenvalue weighted by Crippen LogP contribution is 2.19. The highest BCUT2D eigenvalue weighted by Gasteiger charge is 2.28. The molecule has 0 bridgehead atoms. The Balaban J connectivity index is 4.01. The zero-order chi connectivity index (χ0) is 15.3. The number of carbonyl (C=O) groups excluding carboxylic acids is 2. The summed E-state index contributed by atoms with van der Waals surface area (Å²) < 4.78 is 35.9. The number of hydrogen-bond acceptors (Lipinski definition) is 2. The Labute approximate surface area is 111 Å². The van der Waals surface area contributed by atoms with Gasteiger partial charge in [0, 0.05) is 20.0 Å². The van der Waals surface area contributed by atoms with Crippen molar-refractivity contribution in [3.05, 3.63) is 0 Å². The molecule has 0 saturated heterocycles. The predicted octanol–water partition coefficient (Wildman–Crippen LogP) is 1.95. The molecule has 0 spiro atoms. The van der Waals surface area contributed by atoms with Gasteiger partial charge in [0.25, 0.3) is 0 Å². The Morgan fingerprint density at radius 1 is 1.16 bits per heavy atom. The molecule has 0 aliphatic heterocycles. The van der Waals surface area contributed by atoms with Gasteiger partial charge in [0.1, 0.15) is 0 Å². The van der Waals surface area contributed by atoms with Gasteiger partial charge in [0.05, 0.1) is 13.0 Å². The average molecular weight is 282 g/mol. The van der Waals surface area contributed by atoms with Crippen LogP contribution in [-0.2, 0) is 9.59 Å². The molecule has 0 aromatic heterocycles. The molecule has 0 unspecified atom stereocenters. The van der Waals surface area contributed by atoms with E-state index >= 15 is 0 Å². The van der Waals surface area contributed by atoms with E-state index in [2.05, 4.69) is 5.32 Å². The van der Waals surface area contributed by atoms with Gasteiger partial charge in [-0.25, -0.2) is 0 Å². The van der Waals surface area contributed by atoms with E-state index in [0.29, 0.717) is 0 Å². The number of likely N-dealkylation sites (N-methyl/N-ethyl adjacent to an activating group) is 1. The van der Waals surface area contributed by atoms with Crippen molar-refractivity contribution < 1.29 is 22.8 Å². The van der Waals surface area contributed by atoms with Crippen LogP contribution in [0.15, 0.2) is 0 Å². The van der Waals surface area contributed by atoms with Crippen LogP contribution in [0.4, 0.5) is 13.2 Å². The van der Waals surface area contributed by atoms with Crippen LogP contribution < -0.4 is 5.32 Å². The molecule has 2 amide bonds. The maximum atomic E-state index is 12.0. The number of rotatable bonds is 5. The van der Waals surface area contributed by atoms with Crippen LogP contribution in [0, 0.1) is 5.41 Å². The first-order valence-electron chi connectivity index (χ1n) is 5.98. The summed E-state index contributed by atoms with van der Waals surface area (Å²) in [6.07, 6.45) is -5.08. The SMILES string of the molecule is CN(CCC(F)(F)F)C(=O)CNC(=O)CC(C)(C)C. The van der Waals surface area contributed by atoms with E-state index in [1.165, 1.54) is 7.05 Å². The van der Waals surface area contributed by atoms with E-state index in [4.69, 9.17) is 0 Å². The van der Waals surface area contributed by atoms with E-state index in [1.807, 2.05) is 20.8 Å². The Morgan fingerprint density at radius 3 is 2.11 bits per heavy atom. The van der Waals surface area contributed by atoms with Crippen molar-refractivity contribution in [2.45, 2.75) is 39.8 Å². The summed E-state index contributed by atoms with van der Waals surface area (Å²) in [6.45, 7) is 4.96. The van der Waals surface area contributed by atoms with Gasteiger partial charge in [-0.3, -0.25) is 9.59 Å². The fourth-order valence-corrected chi connectivity index (χ4v) is 1.27. The maximum absolute atomic E-state index is 12.0. The third kappa shape index (κ3) is 10.3.